The first kappa shape index (κ1) is 27.2. The van der Waals surface area contributed by atoms with E-state index in [9.17, 15) is 9.59 Å². The molecule has 2 aliphatic rings. The molecule has 0 unspecified atom stereocenters. The second-order valence-corrected chi connectivity index (χ2v) is 10.1. The molecule has 2 fully saturated rings. The van der Waals surface area contributed by atoms with Gasteiger partial charge in [-0.1, -0.05) is 12.1 Å². The Kier molecular flexibility index (Phi) is 8.63. The predicted molar refractivity (Wildman–Crippen MR) is 152 cm³/mol. The van der Waals surface area contributed by atoms with E-state index < -0.39 is 5.97 Å². The first-order chi connectivity index (χ1) is 19.5. The van der Waals surface area contributed by atoms with Crippen LogP contribution in [0.4, 0.5) is 17.3 Å². The summed E-state index contributed by atoms with van der Waals surface area (Å²) in [4.78, 5) is 37.5. The van der Waals surface area contributed by atoms with E-state index in [0.717, 1.165) is 49.7 Å². The molecular weight excluding hydrogens is 510 g/mol. The van der Waals surface area contributed by atoms with Gasteiger partial charge >= 0.3 is 5.97 Å². The molecule has 1 amide bonds. The highest BCUT2D eigenvalue weighted by atomic mass is 16.5. The lowest BCUT2D eigenvalue weighted by Gasteiger charge is -2.34. The zero-order chi connectivity index (χ0) is 27.9. The molecule has 10 nitrogen and oxygen atoms in total. The van der Waals surface area contributed by atoms with Gasteiger partial charge in [-0.25, -0.2) is 9.78 Å². The van der Waals surface area contributed by atoms with E-state index in [2.05, 4.69) is 20.1 Å². The number of piperidine rings is 2. The van der Waals surface area contributed by atoms with Gasteiger partial charge < -0.3 is 29.7 Å². The quantitative estimate of drug-likeness (QED) is 0.401. The molecule has 5 rings (SSSR count). The van der Waals surface area contributed by atoms with Gasteiger partial charge in [0.25, 0.3) is 0 Å². The maximum absolute atomic E-state index is 13.1. The van der Waals surface area contributed by atoms with Gasteiger partial charge in [-0.15, -0.1) is 0 Å². The molecule has 2 aromatic carbocycles. The molecule has 210 valence electrons. The summed E-state index contributed by atoms with van der Waals surface area (Å²) in [6.45, 7) is 5.47. The molecule has 0 saturated carbocycles. The lowest BCUT2D eigenvalue weighted by atomic mass is 9.95. The molecule has 2 N–H and O–H groups in total. The van der Waals surface area contributed by atoms with Gasteiger partial charge in [0.1, 0.15) is 11.9 Å². The lowest BCUT2D eigenvalue weighted by Crippen LogP contribution is -2.41. The van der Waals surface area contributed by atoms with Crippen molar-refractivity contribution in [1.82, 2.24) is 9.97 Å². The Bertz CT molecular complexity index is 1310. The number of rotatable bonds is 9. The van der Waals surface area contributed by atoms with E-state index in [1.165, 1.54) is 0 Å². The van der Waals surface area contributed by atoms with Crippen molar-refractivity contribution in [3.63, 3.8) is 0 Å². The number of carbonyl (C=O) groups is 2. The smallest absolute Gasteiger partial charge is 0.335 e. The minimum absolute atomic E-state index is 0.0130. The molecule has 1 aromatic heterocycles. The Balaban J connectivity index is 1.15. The van der Waals surface area contributed by atoms with E-state index >= 15 is 0 Å². The summed E-state index contributed by atoms with van der Waals surface area (Å²) in [5.41, 5.74) is 1.23. The third-order valence-electron chi connectivity index (χ3n) is 7.36. The Morgan fingerprint density at radius 1 is 0.975 bits per heavy atom. The molecule has 40 heavy (non-hydrogen) atoms. The number of carbonyl (C=O) groups excluding carboxylic acids is 1. The predicted octanol–water partition coefficient (Wildman–Crippen LogP) is 4.48. The van der Waals surface area contributed by atoms with Crippen LogP contribution >= 0.6 is 0 Å². The first-order valence-corrected chi connectivity index (χ1v) is 13.8. The summed E-state index contributed by atoms with van der Waals surface area (Å²) < 4.78 is 12.0. The van der Waals surface area contributed by atoms with Crippen LogP contribution in [0.2, 0.25) is 0 Å². The Morgan fingerprint density at radius 2 is 1.73 bits per heavy atom. The van der Waals surface area contributed by atoms with Crippen molar-refractivity contribution < 1.29 is 24.2 Å². The van der Waals surface area contributed by atoms with Crippen molar-refractivity contribution in [2.75, 3.05) is 47.9 Å². The van der Waals surface area contributed by atoms with E-state index in [-0.39, 0.29) is 23.5 Å². The molecule has 0 spiro atoms. The molecule has 0 radical (unpaired) electrons. The molecule has 3 heterocycles. The van der Waals surface area contributed by atoms with E-state index in [0.29, 0.717) is 37.6 Å². The third-order valence-corrected chi connectivity index (χ3v) is 7.36. The molecule has 3 aromatic rings. The maximum atomic E-state index is 13.1. The number of amides is 1. The van der Waals surface area contributed by atoms with Gasteiger partial charge in [-0.05, 0) is 69.0 Å². The summed E-state index contributed by atoms with van der Waals surface area (Å²) in [5.74, 6) is 1.52. The number of carboxylic acid groups (broad SMARTS) is 1. The number of para-hydroxylation sites is 2. The van der Waals surface area contributed by atoms with Crippen LogP contribution in [0, 0.1) is 5.92 Å². The second-order valence-electron chi connectivity index (χ2n) is 10.1. The van der Waals surface area contributed by atoms with Crippen LogP contribution in [0.3, 0.4) is 0 Å². The second kappa shape index (κ2) is 12.7. The normalized spacial score (nSPS) is 17.8. The van der Waals surface area contributed by atoms with Gasteiger partial charge in [0.15, 0.2) is 17.3 Å². The summed E-state index contributed by atoms with van der Waals surface area (Å²) in [6.07, 6.45) is 6.58. The fourth-order valence-electron chi connectivity index (χ4n) is 5.26. The van der Waals surface area contributed by atoms with Crippen molar-refractivity contribution in [2.45, 2.75) is 38.7 Å². The molecule has 10 heteroatoms. The average Bonchev–Trinajstić information content (AvgIpc) is 2.99. The van der Waals surface area contributed by atoms with Crippen molar-refractivity contribution >= 4 is 29.2 Å². The van der Waals surface area contributed by atoms with Crippen LogP contribution in [0.25, 0.3) is 0 Å². The highest BCUT2D eigenvalue weighted by Gasteiger charge is 2.27. The fraction of sp³-hybridized carbons (Fsp3) is 0.400. The number of nitrogens with zero attached hydrogens (tertiary/aromatic N) is 4. The van der Waals surface area contributed by atoms with E-state index in [4.69, 9.17) is 19.6 Å². The van der Waals surface area contributed by atoms with E-state index in [1.54, 1.807) is 24.5 Å². The number of aromatic nitrogens is 2. The van der Waals surface area contributed by atoms with Gasteiger partial charge in [-0.3, -0.25) is 9.78 Å². The molecule has 0 bridgehead atoms. The monoisotopic (exact) mass is 545 g/mol. The number of hydrogen-bond acceptors (Lipinski definition) is 8. The van der Waals surface area contributed by atoms with E-state index in [1.807, 2.05) is 43.3 Å². The van der Waals surface area contributed by atoms with Gasteiger partial charge in [0, 0.05) is 31.2 Å². The Hall–Kier alpha value is -4.34. The van der Waals surface area contributed by atoms with Crippen molar-refractivity contribution in [1.29, 1.82) is 0 Å². The van der Waals surface area contributed by atoms with Crippen LogP contribution in [0.1, 0.15) is 43.0 Å². The Morgan fingerprint density at radius 3 is 2.45 bits per heavy atom. The molecule has 2 saturated heterocycles. The SMILES string of the molecule is CCOc1ccccc1O[C@@H]1CCCN(c2cncc(NC(=O)C3CCN(c4ccc(C(=O)O)cc4)CC3)n2)C1. The highest BCUT2D eigenvalue weighted by Crippen LogP contribution is 2.30. The number of carboxylic acids is 1. The van der Waals surface area contributed by atoms with Gasteiger partial charge in [0.05, 0.1) is 31.1 Å². The number of nitrogens with one attached hydrogen (secondary N) is 1. The van der Waals surface area contributed by atoms with Crippen LogP contribution < -0.4 is 24.6 Å². The van der Waals surface area contributed by atoms with Crippen molar-refractivity contribution in [2.24, 2.45) is 5.92 Å². The van der Waals surface area contributed by atoms with Gasteiger partial charge in [0.2, 0.25) is 5.91 Å². The maximum Gasteiger partial charge on any atom is 0.335 e. The van der Waals surface area contributed by atoms with Crippen LogP contribution in [-0.2, 0) is 4.79 Å². The van der Waals surface area contributed by atoms with Crippen LogP contribution in [-0.4, -0.2) is 65.8 Å². The molecule has 1 atom stereocenters. The number of hydrogen-bond donors (Lipinski definition) is 2. The number of benzene rings is 2. The average molecular weight is 546 g/mol. The summed E-state index contributed by atoms with van der Waals surface area (Å²) in [6, 6.07) is 14.6. The summed E-state index contributed by atoms with van der Waals surface area (Å²) >= 11 is 0. The topological polar surface area (TPSA) is 117 Å². The first-order valence-electron chi connectivity index (χ1n) is 13.8. The highest BCUT2D eigenvalue weighted by molar-refractivity contribution is 5.92. The van der Waals surface area contributed by atoms with Crippen LogP contribution in [0.15, 0.2) is 60.9 Å². The zero-order valence-corrected chi connectivity index (χ0v) is 22.7. The fourth-order valence-corrected chi connectivity index (χ4v) is 5.26. The summed E-state index contributed by atoms with van der Waals surface area (Å²) in [7, 11) is 0. The van der Waals surface area contributed by atoms with Crippen LogP contribution in [0.5, 0.6) is 11.5 Å². The molecular formula is C30H35N5O5. The van der Waals surface area contributed by atoms with Crippen molar-refractivity contribution in [3.05, 3.63) is 66.5 Å². The Labute approximate surface area is 233 Å². The summed E-state index contributed by atoms with van der Waals surface area (Å²) in [5, 5.41) is 12.1. The largest absolute Gasteiger partial charge is 0.490 e. The zero-order valence-electron chi connectivity index (χ0n) is 22.7. The standard InChI is InChI=1S/C30H35N5O5/c1-2-39-25-7-3-4-8-26(25)40-24-6-5-15-35(20-24)28-19-31-18-27(32-28)33-29(36)21-13-16-34(17-14-21)23-11-9-22(10-12-23)30(37)38/h3-4,7-12,18-19,21,24H,2,5-6,13-17,20H2,1H3,(H,37,38)(H,32,33,36)/t24-/m1/s1. The number of anilines is 3. The number of aromatic carboxylic acids is 1. The molecule has 2 aliphatic heterocycles. The van der Waals surface area contributed by atoms with Gasteiger partial charge in [-0.2, -0.15) is 0 Å². The number of ether oxygens (including phenoxy) is 2. The molecule has 0 aliphatic carbocycles. The lowest BCUT2D eigenvalue weighted by molar-refractivity contribution is -0.120. The minimum atomic E-state index is -0.939. The third kappa shape index (κ3) is 6.62. The minimum Gasteiger partial charge on any atom is -0.490 e. The van der Waals surface area contributed by atoms with Crippen molar-refractivity contribution in [3.8, 4) is 11.5 Å².